The van der Waals surface area contributed by atoms with E-state index in [1.54, 1.807) is 13.3 Å². The summed E-state index contributed by atoms with van der Waals surface area (Å²) in [6, 6.07) is 7.60. The molecule has 0 bridgehead atoms. The molecule has 1 amide bonds. The Bertz CT molecular complexity index is 1670. The summed E-state index contributed by atoms with van der Waals surface area (Å²) in [6.07, 6.45) is 4.94. The maximum absolute atomic E-state index is 14.1. The van der Waals surface area contributed by atoms with Crippen molar-refractivity contribution in [3.05, 3.63) is 62.3 Å². The van der Waals surface area contributed by atoms with Gasteiger partial charge in [-0.3, -0.25) is 19.4 Å². The summed E-state index contributed by atoms with van der Waals surface area (Å²) in [4.78, 5) is 47.1. The smallest absolute Gasteiger partial charge is 0.407 e. The standard InChI is InChI=1S/C30H40N8O4/c1-19(2)13-15-37-24-25(33-27(37)36-14-9-10-21(18-36)32-28(40)42-30(3,4)5)35(6)29(41)38(26(24)39)17-20-16-31-34-23-12-8-7-11-22(20)23/h7-8,11-13,16,20-21,34H,9-10,14-15,17-18H2,1-6H3,(H,32,40). The van der Waals surface area contributed by atoms with Crippen LogP contribution in [0, 0.1) is 0 Å². The van der Waals surface area contributed by atoms with Crippen LogP contribution < -0.4 is 26.9 Å². The highest BCUT2D eigenvalue weighted by Gasteiger charge is 2.29. The van der Waals surface area contributed by atoms with Gasteiger partial charge in [0.2, 0.25) is 5.95 Å². The predicted molar refractivity (Wildman–Crippen MR) is 165 cm³/mol. The molecule has 3 aromatic rings. The number of imidazole rings is 1. The number of hydrogen-bond donors (Lipinski definition) is 2. The second-order valence-electron chi connectivity index (χ2n) is 12.2. The summed E-state index contributed by atoms with van der Waals surface area (Å²) >= 11 is 0. The molecule has 42 heavy (non-hydrogen) atoms. The Hall–Kier alpha value is -4.35. The second-order valence-corrected chi connectivity index (χ2v) is 12.2. The van der Waals surface area contributed by atoms with Crippen molar-refractivity contribution in [2.45, 2.75) is 78.1 Å². The molecule has 1 saturated heterocycles. The third-order valence-electron chi connectivity index (χ3n) is 7.50. The molecule has 5 rings (SSSR count). The molecular formula is C30H40N8O4. The molecule has 12 nitrogen and oxygen atoms in total. The molecule has 12 heteroatoms. The van der Waals surface area contributed by atoms with Gasteiger partial charge < -0.3 is 19.5 Å². The summed E-state index contributed by atoms with van der Waals surface area (Å²) in [7, 11) is 1.65. The first-order chi connectivity index (χ1) is 19.9. The van der Waals surface area contributed by atoms with Gasteiger partial charge in [0.05, 0.1) is 5.69 Å². The van der Waals surface area contributed by atoms with Gasteiger partial charge in [-0.15, -0.1) is 0 Å². The largest absolute Gasteiger partial charge is 0.444 e. The zero-order valence-corrected chi connectivity index (χ0v) is 25.2. The fourth-order valence-corrected chi connectivity index (χ4v) is 5.50. The van der Waals surface area contributed by atoms with Crippen LogP contribution >= 0.6 is 0 Å². The van der Waals surface area contributed by atoms with E-state index in [2.05, 4.69) is 20.7 Å². The van der Waals surface area contributed by atoms with Crippen molar-refractivity contribution in [1.29, 1.82) is 0 Å². The van der Waals surface area contributed by atoms with Gasteiger partial charge in [-0.25, -0.2) is 9.59 Å². The molecule has 1 fully saturated rings. The van der Waals surface area contributed by atoms with Crippen LogP contribution in [0.5, 0.6) is 0 Å². The number of carbonyl (C=O) groups is 1. The lowest BCUT2D eigenvalue weighted by molar-refractivity contribution is 0.0499. The molecule has 2 unspecified atom stereocenters. The lowest BCUT2D eigenvalue weighted by Gasteiger charge is -2.34. The summed E-state index contributed by atoms with van der Waals surface area (Å²) < 4.78 is 10.1. The van der Waals surface area contributed by atoms with Crippen molar-refractivity contribution in [2.24, 2.45) is 12.1 Å². The molecule has 2 atom stereocenters. The Balaban J connectivity index is 1.55. The van der Waals surface area contributed by atoms with Crippen LogP contribution in [0.25, 0.3) is 11.2 Å². The lowest BCUT2D eigenvalue weighted by Crippen LogP contribution is -2.49. The highest BCUT2D eigenvalue weighted by atomic mass is 16.6. The van der Waals surface area contributed by atoms with Crippen LogP contribution in [-0.2, 0) is 24.9 Å². The molecule has 2 aliphatic heterocycles. The van der Waals surface area contributed by atoms with E-state index in [1.165, 1.54) is 9.13 Å². The zero-order chi connectivity index (χ0) is 30.2. The summed E-state index contributed by atoms with van der Waals surface area (Å²) in [5, 5.41) is 7.23. The van der Waals surface area contributed by atoms with Gasteiger partial charge in [0.25, 0.3) is 5.56 Å². The molecule has 0 spiro atoms. The first-order valence-corrected chi connectivity index (χ1v) is 14.4. The number of ether oxygens (including phenoxy) is 1. The van der Waals surface area contributed by atoms with Crippen LogP contribution in [0.15, 0.2) is 50.6 Å². The molecule has 0 saturated carbocycles. The van der Waals surface area contributed by atoms with E-state index in [0.29, 0.717) is 36.7 Å². The van der Waals surface area contributed by atoms with E-state index in [1.807, 2.05) is 69.5 Å². The molecule has 2 N–H and O–H groups in total. The van der Waals surface area contributed by atoms with E-state index < -0.39 is 17.4 Å². The van der Waals surface area contributed by atoms with E-state index in [9.17, 15) is 14.4 Å². The number of allylic oxidation sites excluding steroid dienone is 2. The van der Waals surface area contributed by atoms with Crippen molar-refractivity contribution in [2.75, 3.05) is 23.4 Å². The Kier molecular flexibility index (Phi) is 7.98. The number of alkyl carbamates (subject to hydrolysis) is 1. The fourth-order valence-electron chi connectivity index (χ4n) is 5.50. The number of piperidine rings is 1. The number of para-hydroxylation sites is 1. The zero-order valence-electron chi connectivity index (χ0n) is 25.2. The van der Waals surface area contributed by atoms with Crippen molar-refractivity contribution in [3.8, 4) is 0 Å². The Morgan fingerprint density at radius 2 is 1.95 bits per heavy atom. The fraction of sp³-hybridized carbons (Fsp3) is 0.500. The number of benzene rings is 1. The number of hydrogen-bond acceptors (Lipinski definition) is 8. The van der Waals surface area contributed by atoms with Gasteiger partial charge in [-0.2, -0.15) is 10.1 Å². The molecule has 2 aliphatic rings. The van der Waals surface area contributed by atoms with E-state index in [-0.39, 0.29) is 24.1 Å². The van der Waals surface area contributed by atoms with Crippen LogP contribution in [-0.4, -0.2) is 55.7 Å². The first-order valence-electron chi connectivity index (χ1n) is 14.4. The number of amides is 1. The summed E-state index contributed by atoms with van der Waals surface area (Å²) in [5.74, 6) is 0.345. The lowest BCUT2D eigenvalue weighted by atomic mass is 9.97. The highest BCUT2D eigenvalue weighted by Crippen LogP contribution is 2.28. The number of fused-ring (bicyclic) bond motifs is 2. The monoisotopic (exact) mass is 576 g/mol. The van der Waals surface area contributed by atoms with Crippen molar-refractivity contribution in [3.63, 3.8) is 0 Å². The number of nitrogens with one attached hydrogen (secondary N) is 2. The normalized spacial score (nSPS) is 18.4. The Labute approximate surface area is 244 Å². The van der Waals surface area contributed by atoms with Crippen LogP contribution in [0.4, 0.5) is 16.4 Å². The van der Waals surface area contributed by atoms with Gasteiger partial charge in [0.1, 0.15) is 5.60 Å². The van der Waals surface area contributed by atoms with E-state index in [0.717, 1.165) is 29.7 Å². The minimum atomic E-state index is -0.594. The summed E-state index contributed by atoms with van der Waals surface area (Å²) in [6.45, 7) is 11.3. The number of aryl methyl sites for hydroxylation is 1. The SMILES string of the molecule is CC(C)=CCn1c(N2CCCC(NC(=O)OC(C)(C)C)C2)nc2c1c(=O)n(CC1C=NNc3ccccc31)c(=O)n2C. The van der Waals surface area contributed by atoms with Crippen molar-refractivity contribution < 1.29 is 9.53 Å². The minimum absolute atomic E-state index is 0.148. The third kappa shape index (κ3) is 5.97. The first kappa shape index (κ1) is 29.2. The van der Waals surface area contributed by atoms with Crippen LogP contribution in [0.2, 0.25) is 0 Å². The maximum atomic E-state index is 14.1. The van der Waals surface area contributed by atoms with Crippen molar-refractivity contribution in [1.82, 2.24) is 24.0 Å². The summed E-state index contributed by atoms with van der Waals surface area (Å²) in [5.41, 5.74) is 5.19. The number of nitrogens with zero attached hydrogens (tertiary/aromatic N) is 6. The van der Waals surface area contributed by atoms with Gasteiger partial charge in [-0.1, -0.05) is 29.8 Å². The second kappa shape index (κ2) is 11.5. The minimum Gasteiger partial charge on any atom is -0.444 e. The van der Waals surface area contributed by atoms with Gasteiger partial charge in [0, 0.05) is 51.4 Å². The molecular weight excluding hydrogens is 536 g/mol. The number of aromatic nitrogens is 4. The number of carbonyl (C=O) groups excluding carboxylic acids is 1. The number of hydrazone groups is 1. The average molecular weight is 577 g/mol. The van der Waals surface area contributed by atoms with Crippen LogP contribution in [0.3, 0.4) is 0 Å². The third-order valence-corrected chi connectivity index (χ3v) is 7.50. The van der Waals surface area contributed by atoms with Gasteiger partial charge >= 0.3 is 11.8 Å². The molecule has 4 heterocycles. The molecule has 224 valence electrons. The quantitative estimate of drug-likeness (QED) is 0.430. The van der Waals surface area contributed by atoms with Gasteiger partial charge in [-0.05, 0) is 59.1 Å². The topological polar surface area (TPSA) is 128 Å². The Morgan fingerprint density at radius 1 is 1.19 bits per heavy atom. The van der Waals surface area contributed by atoms with E-state index in [4.69, 9.17) is 9.72 Å². The molecule has 0 aliphatic carbocycles. The van der Waals surface area contributed by atoms with E-state index >= 15 is 0 Å². The Morgan fingerprint density at radius 3 is 2.69 bits per heavy atom. The highest BCUT2D eigenvalue weighted by molar-refractivity contribution is 5.77. The number of rotatable bonds is 6. The van der Waals surface area contributed by atoms with Gasteiger partial charge in [0.15, 0.2) is 11.2 Å². The average Bonchev–Trinajstić information content (AvgIpc) is 3.32. The molecule has 1 aromatic carbocycles. The van der Waals surface area contributed by atoms with Crippen molar-refractivity contribution >= 4 is 35.1 Å². The maximum Gasteiger partial charge on any atom is 0.407 e. The van der Waals surface area contributed by atoms with Crippen LogP contribution in [0.1, 0.15) is 58.9 Å². The predicted octanol–water partition coefficient (Wildman–Crippen LogP) is 3.55. The number of anilines is 2. The molecule has 0 radical (unpaired) electrons. The molecule has 2 aromatic heterocycles.